The van der Waals surface area contributed by atoms with Crippen molar-refractivity contribution in [1.82, 2.24) is 19.7 Å². The molecule has 1 aromatic carbocycles. The summed E-state index contributed by atoms with van der Waals surface area (Å²) >= 11 is 0. The largest absolute Gasteiger partial charge is 0.366 e. The molecule has 2 aromatic rings. The molecule has 136 valence electrons. The molecule has 0 saturated carbocycles. The van der Waals surface area contributed by atoms with Crippen LogP contribution in [0.3, 0.4) is 0 Å². The molecule has 1 aromatic heterocycles. The second kappa shape index (κ2) is 8.47. The third kappa shape index (κ3) is 4.60. The number of rotatable bonds is 6. The molecule has 0 spiro atoms. The van der Waals surface area contributed by atoms with E-state index in [4.69, 9.17) is 4.74 Å². The molecule has 6 heteroatoms. The van der Waals surface area contributed by atoms with Crippen LogP contribution in [0.25, 0.3) is 10.9 Å². The lowest BCUT2D eigenvalue weighted by atomic mass is 10.1. The SMILES string of the molecule is CN(C)CCc1cn(C(=O)NCCN2CCCOC2)c2ccccc12. The van der Waals surface area contributed by atoms with Gasteiger partial charge in [0.2, 0.25) is 0 Å². The maximum Gasteiger partial charge on any atom is 0.326 e. The lowest BCUT2D eigenvalue weighted by molar-refractivity contribution is -0.0121. The Bertz CT molecular complexity index is 705. The van der Waals surface area contributed by atoms with E-state index in [1.807, 2.05) is 24.4 Å². The second-order valence-corrected chi connectivity index (χ2v) is 6.84. The number of amides is 1. The number of nitrogens with one attached hydrogen (secondary N) is 1. The molecule has 25 heavy (non-hydrogen) atoms. The molecule has 0 unspecified atom stereocenters. The van der Waals surface area contributed by atoms with Gasteiger partial charge in [-0.15, -0.1) is 0 Å². The number of likely N-dealkylation sites (N-methyl/N-ethyl adjacent to an activating group) is 1. The summed E-state index contributed by atoms with van der Waals surface area (Å²) in [5.74, 6) is 0. The lowest BCUT2D eigenvalue weighted by Crippen LogP contribution is -2.40. The van der Waals surface area contributed by atoms with Crippen molar-refractivity contribution >= 4 is 16.9 Å². The topological polar surface area (TPSA) is 49.7 Å². The van der Waals surface area contributed by atoms with Gasteiger partial charge >= 0.3 is 6.03 Å². The van der Waals surface area contributed by atoms with E-state index in [1.54, 1.807) is 4.57 Å². The number of nitrogens with zero attached hydrogens (tertiary/aromatic N) is 3. The molecule has 0 bridgehead atoms. The van der Waals surface area contributed by atoms with Crippen LogP contribution in [0.2, 0.25) is 0 Å². The predicted molar refractivity (Wildman–Crippen MR) is 100 cm³/mol. The Balaban J connectivity index is 1.65. The Morgan fingerprint density at radius 2 is 2.16 bits per heavy atom. The van der Waals surface area contributed by atoms with Crippen LogP contribution < -0.4 is 5.32 Å². The van der Waals surface area contributed by atoms with Crippen LogP contribution in [0.15, 0.2) is 30.5 Å². The van der Waals surface area contributed by atoms with E-state index < -0.39 is 0 Å². The molecule has 0 aliphatic carbocycles. The van der Waals surface area contributed by atoms with Gasteiger partial charge in [-0.1, -0.05) is 18.2 Å². The zero-order valence-corrected chi connectivity index (χ0v) is 15.2. The summed E-state index contributed by atoms with van der Waals surface area (Å²) in [6.07, 6.45) is 3.97. The summed E-state index contributed by atoms with van der Waals surface area (Å²) in [6.45, 7) is 4.95. The van der Waals surface area contributed by atoms with Gasteiger partial charge in [0.15, 0.2) is 0 Å². The first kappa shape index (κ1) is 17.9. The number of benzene rings is 1. The van der Waals surface area contributed by atoms with Crippen LogP contribution in [0.5, 0.6) is 0 Å². The molecule has 1 N–H and O–H groups in total. The lowest BCUT2D eigenvalue weighted by Gasteiger charge is -2.26. The number of ether oxygens (including phenoxy) is 1. The molecule has 6 nitrogen and oxygen atoms in total. The fourth-order valence-electron chi connectivity index (χ4n) is 3.19. The van der Waals surface area contributed by atoms with E-state index in [2.05, 4.69) is 35.3 Å². The van der Waals surface area contributed by atoms with Gasteiger partial charge in [0, 0.05) is 44.4 Å². The first-order valence-corrected chi connectivity index (χ1v) is 8.97. The summed E-state index contributed by atoms with van der Waals surface area (Å²) in [5, 5.41) is 4.19. The van der Waals surface area contributed by atoms with Crippen LogP contribution in [0.1, 0.15) is 12.0 Å². The number of para-hydroxylation sites is 1. The van der Waals surface area contributed by atoms with Crippen molar-refractivity contribution in [2.45, 2.75) is 12.8 Å². The van der Waals surface area contributed by atoms with Gasteiger partial charge < -0.3 is 15.0 Å². The average Bonchev–Trinajstić information content (AvgIpc) is 3.00. The summed E-state index contributed by atoms with van der Waals surface area (Å²) in [4.78, 5) is 17.0. The molecule has 3 rings (SSSR count). The molecule has 0 radical (unpaired) electrons. The Hall–Kier alpha value is -1.89. The van der Waals surface area contributed by atoms with Crippen molar-refractivity contribution in [3.8, 4) is 0 Å². The van der Waals surface area contributed by atoms with Gasteiger partial charge in [-0.05, 0) is 38.6 Å². The van der Waals surface area contributed by atoms with Crippen molar-refractivity contribution in [3.05, 3.63) is 36.0 Å². The van der Waals surface area contributed by atoms with Crippen molar-refractivity contribution in [2.75, 3.05) is 53.6 Å². The van der Waals surface area contributed by atoms with Gasteiger partial charge in [0.25, 0.3) is 0 Å². The van der Waals surface area contributed by atoms with Crippen molar-refractivity contribution in [1.29, 1.82) is 0 Å². The Labute approximate surface area is 149 Å². The van der Waals surface area contributed by atoms with E-state index >= 15 is 0 Å². The van der Waals surface area contributed by atoms with Crippen LogP contribution in [0, 0.1) is 0 Å². The maximum absolute atomic E-state index is 12.6. The predicted octanol–water partition coefficient (Wildman–Crippen LogP) is 1.98. The van der Waals surface area contributed by atoms with Crippen LogP contribution in [-0.2, 0) is 11.2 Å². The van der Waals surface area contributed by atoms with E-state index in [9.17, 15) is 4.79 Å². The standard InChI is InChI=1S/C19H28N4O2/c1-21(2)11-8-16-14-23(18-7-4-3-6-17(16)18)19(24)20-9-12-22-10-5-13-25-15-22/h3-4,6-7,14H,5,8-13,15H2,1-2H3,(H,20,24). The normalized spacial score (nSPS) is 15.8. The number of aromatic nitrogens is 1. The quantitative estimate of drug-likeness (QED) is 0.871. The fourth-order valence-corrected chi connectivity index (χ4v) is 3.19. The highest BCUT2D eigenvalue weighted by molar-refractivity contribution is 5.93. The molecular formula is C19H28N4O2. The van der Waals surface area contributed by atoms with E-state index in [0.717, 1.165) is 50.0 Å². The zero-order valence-electron chi connectivity index (χ0n) is 15.2. The summed E-state index contributed by atoms with van der Waals surface area (Å²) in [7, 11) is 4.13. The summed E-state index contributed by atoms with van der Waals surface area (Å²) < 4.78 is 7.18. The molecule has 1 aliphatic rings. The molecular weight excluding hydrogens is 316 g/mol. The second-order valence-electron chi connectivity index (χ2n) is 6.84. The minimum atomic E-state index is -0.0646. The molecule has 1 aliphatic heterocycles. The van der Waals surface area contributed by atoms with E-state index in [-0.39, 0.29) is 6.03 Å². The smallest absolute Gasteiger partial charge is 0.326 e. The number of carbonyl (C=O) groups excluding carboxylic acids is 1. The number of carbonyl (C=O) groups is 1. The highest BCUT2D eigenvalue weighted by Crippen LogP contribution is 2.21. The van der Waals surface area contributed by atoms with Crippen molar-refractivity contribution in [3.63, 3.8) is 0 Å². The first-order valence-electron chi connectivity index (χ1n) is 8.97. The van der Waals surface area contributed by atoms with Crippen LogP contribution in [-0.4, -0.2) is 74.0 Å². The monoisotopic (exact) mass is 344 g/mol. The van der Waals surface area contributed by atoms with Crippen LogP contribution >= 0.6 is 0 Å². The minimum absolute atomic E-state index is 0.0646. The van der Waals surface area contributed by atoms with E-state index in [1.165, 1.54) is 5.56 Å². The van der Waals surface area contributed by atoms with Gasteiger partial charge in [-0.25, -0.2) is 4.79 Å². The highest BCUT2D eigenvalue weighted by Gasteiger charge is 2.14. The number of hydrogen-bond donors (Lipinski definition) is 1. The van der Waals surface area contributed by atoms with Gasteiger partial charge in [0.05, 0.1) is 12.2 Å². The van der Waals surface area contributed by atoms with Gasteiger partial charge in [0.1, 0.15) is 0 Å². The van der Waals surface area contributed by atoms with Gasteiger partial charge in [-0.3, -0.25) is 9.47 Å². The Morgan fingerprint density at radius 3 is 2.92 bits per heavy atom. The maximum atomic E-state index is 12.6. The molecule has 0 atom stereocenters. The fraction of sp³-hybridized carbons (Fsp3) is 0.526. The highest BCUT2D eigenvalue weighted by atomic mass is 16.5. The van der Waals surface area contributed by atoms with Crippen molar-refractivity contribution < 1.29 is 9.53 Å². The van der Waals surface area contributed by atoms with Crippen LogP contribution in [0.4, 0.5) is 4.79 Å². The third-order valence-electron chi connectivity index (χ3n) is 4.58. The minimum Gasteiger partial charge on any atom is -0.366 e. The third-order valence-corrected chi connectivity index (χ3v) is 4.58. The number of fused-ring (bicyclic) bond motifs is 1. The molecule has 1 fully saturated rings. The van der Waals surface area contributed by atoms with E-state index in [0.29, 0.717) is 13.3 Å². The van der Waals surface area contributed by atoms with Crippen molar-refractivity contribution in [2.24, 2.45) is 0 Å². The Kier molecular flexibility index (Phi) is 6.07. The van der Waals surface area contributed by atoms with Gasteiger partial charge in [-0.2, -0.15) is 0 Å². The number of hydrogen-bond acceptors (Lipinski definition) is 4. The molecule has 2 heterocycles. The Morgan fingerprint density at radius 1 is 1.32 bits per heavy atom. The average molecular weight is 344 g/mol. The summed E-state index contributed by atoms with van der Waals surface area (Å²) in [6, 6.07) is 8.04. The first-order chi connectivity index (χ1) is 12.1. The molecule has 1 amide bonds. The molecule has 1 saturated heterocycles. The summed E-state index contributed by atoms with van der Waals surface area (Å²) in [5.41, 5.74) is 2.18. The zero-order chi connectivity index (χ0) is 17.6.